The van der Waals surface area contributed by atoms with Crippen LogP contribution in [0.15, 0.2) is 30.3 Å². The molecule has 0 atom stereocenters. The molecule has 3 N–H and O–H groups in total. The van der Waals surface area contributed by atoms with Gasteiger partial charge in [-0.15, -0.1) is 0 Å². The minimum Gasteiger partial charge on any atom is -0.470 e. The molecule has 0 aliphatic carbocycles. The van der Waals surface area contributed by atoms with Crippen LogP contribution in [0.5, 0.6) is 5.88 Å². The number of anilines is 3. The van der Waals surface area contributed by atoms with E-state index in [0.717, 1.165) is 0 Å². The zero-order chi connectivity index (χ0) is 15.6. The minimum atomic E-state index is -0.394. The Labute approximate surface area is 124 Å². The maximum atomic E-state index is 13.5. The second-order valence-corrected chi connectivity index (χ2v) is 5.84. The summed E-state index contributed by atoms with van der Waals surface area (Å²) in [7, 11) is 0. The third kappa shape index (κ3) is 3.84. The van der Waals surface area contributed by atoms with Gasteiger partial charge in [-0.25, -0.2) is 4.39 Å². The lowest BCUT2D eigenvalue weighted by atomic mass is 10.2. The number of ether oxygens (including phenoxy) is 1. The Kier molecular flexibility index (Phi) is 4.02. The van der Waals surface area contributed by atoms with Gasteiger partial charge in [0.15, 0.2) is 0 Å². The van der Waals surface area contributed by atoms with Gasteiger partial charge >= 0.3 is 0 Å². The highest BCUT2D eigenvalue weighted by Crippen LogP contribution is 2.27. The number of pyridine rings is 1. The highest BCUT2D eigenvalue weighted by Gasteiger charge is 2.15. The van der Waals surface area contributed by atoms with E-state index in [9.17, 15) is 4.39 Å². The molecule has 0 spiro atoms. The summed E-state index contributed by atoms with van der Waals surface area (Å²) in [6.45, 7) is 7.47. The fraction of sp³-hybridized carbons (Fsp3) is 0.312. The first kappa shape index (κ1) is 15.1. The highest BCUT2D eigenvalue weighted by atomic mass is 19.1. The second-order valence-electron chi connectivity index (χ2n) is 5.84. The summed E-state index contributed by atoms with van der Waals surface area (Å²) in [6, 6.07) is 8.31. The number of nitrogen functional groups attached to an aromatic ring is 1. The molecule has 0 aliphatic heterocycles. The van der Waals surface area contributed by atoms with Crippen molar-refractivity contribution in [2.75, 3.05) is 11.1 Å². The Balaban J connectivity index is 2.29. The number of benzene rings is 1. The van der Waals surface area contributed by atoms with E-state index in [2.05, 4.69) is 10.3 Å². The summed E-state index contributed by atoms with van der Waals surface area (Å²) in [5.41, 5.74) is 7.14. The average molecular weight is 289 g/mol. The number of nitrogens with one attached hydrogen (secondary N) is 1. The van der Waals surface area contributed by atoms with Crippen molar-refractivity contribution >= 4 is 17.2 Å². The van der Waals surface area contributed by atoms with Gasteiger partial charge < -0.3 is 15.8 Å². The smallest absolute Gasteiger partial charge is 0.239 e. The van der Waals surface area contributed by atoms with Gasteiger partial charge in [0, 0.05) is 11.3 Å². The number of nitrogens with two attached hydrogens (primary N) is 1. The number of aromatic nitrogens is 1. The van der Waals surface area contributed by atoms with Crippen LogP contribution in [0.2, 0.25) is 0 Å². The molecule has 5 heteroatoms. The predicted octanol–water partition coefficient (Wildman–Crippen LogP) is 4.03. The topological polar surface area (TPSA) is 60.2 Å². The van der Waals surface area contributed by atoms with Crippen LogP contribution in [-0.2, 0) is 0 Å². The lowest BCUT2D eigenvalue weighted by Crippen LogP contribution is -2.24. The van der Waals surface area contributed by atoms with Gasteiger partial charge in [-0.1, -0.05) is 6.07 Å². The molecule has 0 fully saturated rings. The first-order valence-electron chi connectivity index (χ1n) is 6.74. The van der Waals surface area contributed by atoms with Crippen LogP contribution in [0.3, 0.4) is 0 Å². The van der Waals surface area contributed by atoms with Crippen LogP contribution in [0.4, 0.5) is 21.6 Å². The van der Waals surface area contributed by atoms with E-state index >= 15 is 0 Å². The lowest BCUT2D eigenvalue weighted by molar-refractivity contribution is 0.125. The van der Waals surface area contributed by atoms with Crippen molar-refractivity contribution in [3.8, 4) is 5.88 Å². The van der Waals surface area contributed by atoms with Crippen LogP contribution < -0.4 is 15.8 Å². The second kappa shape index (κ2) is 5.60. The van der Waals surface area contributed by atoms with E-state index < -0.39 is 5.60 Å². The summed E-state index contributed by atoms with van der Waals surface area (Å²) < 4.78 is 19.3. The normalized spacial score (nSPS) is 11.3. The largest absolute Gasteiger partial charge is 0.470 e. The van der Waals surface area contributed by atoms with Gasteiger partial charge in [0.25, 0.3) is 0 Å². The molecule has 0 bridgehead atoms. The van der Waals surface area contributed by atoms with Gasteiger partial charge in [0.1, 0.15) is 17.2 Å². The predicted molar refractivity (Wildman–Crippen MR) is 83.5 cm³/mol. The van der Waals surface area contributed by atoms with Gasteiger partial charge in [-0.2, -0.15) is 4.98 Å². The van der Waals surface area contributed by atoms with Crippen molar-refractivity contribution < 1.29 is 9.13 Å². The molecule has 112 valence electrons. The summed E-state index contributed by atoms with van der Waals surface area (Å²) in [4.78, 5) is 4.34. The SMILES string of the molecule is Cc1c(F)cccc1Nc1ccc(N)c(OC(C)(C)C)n1. The molecule has 0 saturated carbocycles. The molecule has 0 saturated heterocycles. The number of rotatable bonds is 3. The lowest BCUT2D eigenvalue weighted by Gasteiger charge is -2.22. The van der Waals surface area contributed by atoms with Crippen LogP contribution in [0.1, 0.15) is 26.3 Å². The molecule has 0 amide bonds. The van der Waals surface area contributed by atoms with Crippen molar-refractivity contribution in [2.24, 2.45) is 0 Å². The molecule has 1 aromatic carbocycles. The molecule has 21 heavy (non-hydrogen) atoms. The monoisotopic (exact) mass is 289 g/mol. The Bertz CT molecular complexity index is 650. The van der Waals surface area contributed by atoms with Crippen LogP contribution >= 0.6 is 0 Å². The Morgan fingerprint density at radius 3 is 2.57 bits per heavy atom. The van der Waals surface area contributed by atoms with E-state index in [4.69, 9.17) is 10.5 Å². The van der Waals surface area contributed by atoms with Gasteiger partial charge in [-0.3, -0.25) is 0 Å². The Hall–Kier alpha value is -2.30. The molecule has 1 aromatic heterocycles. The average Bonchev–Trinajstić information content (AvgIpc) is 2.37. The molecule has 1 heterocycles. The number of halogens is 1. The van der Waals surface area contributed by atoms with E-state index in [1.54, 1.807) is 31.2 Å². The standard InChI is InChI=1S/C16H20FN3O/c1-10-11(17)6-5-7-13(10)19-14-9-8-12(18)15(20-14)21-16(2,3)4/h5-9H,18H2,1-4H3,(H,19,20). The van der Waals surface area contributed by atoms with Crippen LogP contribution in [0, 0.1) is 12.7 Å². The summed E-state index contributed by atoms with van der Waals surface area (Å²) in [6.07, 6.45) is 0. The van der Waals surface area contributed by atoms with Crippen LogP contribution in [0.25, 0.3) is 0 Å². The number of hydrogen-bond acceptors (Lipinski definition) is 4. The minimum absolute atomic E-state index is 0.262. The zero-order valence-corrected chi connectivity index (χ0v) is 12.7. The fourth-order valence-electron chi connectivity index (χ4n) is 1.77. The first-order valence-corrected chi connectivity index (χ1v) is 6.74. The zero-order valence-electron chi connectivity index (χ0n) is 12.7. The molecular formula is C16H20FN3O. The maximum absolute atomic E-state index is 13.5. The van der Waals surface area contributed by atoms with Gasteiger partial charge in [-0.05, 0) is 52.0 Å². The third-order valence-corrected chi connectivity index (χ3v) is 2.82. The number of nitrogens with zero attached hydrogens (tertiary/aromatic N) is 1. The van der Waals surface area contributed by atoms with E-state index in [0.29, 0.717) is 28.6 Å². The number of hydrogen-bond donors (Lipinski definition) is 2. The quantitative estimate of drug-likeness (QED) is 0.895. The van der Waals surface area contributed by atoms with Crippen molar-refractivity contribution in [2.45, 2.75) is 33.3 Å². The first-order chi connectivity index (χ1) is 9.76. The van der Waals surface area contributed by atoms with E-state index in [1.807, 2.05) is 20.8 Å². The van der Waals surface area contributed by atoms with Crippen molar-refractivity contribution in [3.63, 3.8) is 0 Å². The maximum Gasteiger partial charge on any atom is 0.239 e. The van der Waals surface area contributed by atoms with Crippen LogP contribution in [-0.4, -0.2) is 10.6 Å². The fourth-order valence-corrected chi connectivity index (χ4v) is 1.77. The molecular weight excluding hydrogens is 269 g/mol. The third-order valence-electron chi connectivity index (χ3n) is 2.82. The van der Waals surface area contributed by atoms with E-state index in [-0.39, 0.29) is 5.82 Å². The van der Waals surface area contributed by atoms with Crippen molar-refractivity contribution in [1.82, 2.24) is 4.98 Å². The van der Waals surface area contributed by atoms with E-state index in [1.165, 1.54) is 6.07 Å². The summed E-state index contributed by atoms with van der Waals surface area (Å²) in [5.74, 6) is 0.653. The van der Waals surface area contributed by atoms with Gasteiger partial charge in [0.2, 0.25) is 5.88 Å². The Morgan fingerprint density at radius 1 is 1.19 bits per heavy atom. The summed E-state index contributed by atoms with van der Waals surface area (Å²) >= 11 is 0. The van der Waals surface area contributed by atoms with Crippen molar-refractivity contribution in [3.05, 3.63) is 41.7 Å². The molecule has 4 nitrogen and oxygen atoms in total. The molecule has 0 radical (unpaired) electrons. The molecule has 0 aliphatic rings. The highest BCUT2D eigenvalue weighted by molar-refractivity contribution is 5.63. The van der Waals surface area contributed by atoms with Crippen molar-refractivity contribution in [1.29, 1.82) is 0 Å². The molecule has 2 aromatic rings. The molecule has 2 rings (SSSR count). The molecule has 0 unspecified atom stereocenters. The summed E-state index contributed by atoms with van der Waals surface area (Å²) in [5, 5.41) is 3.08. The Morgan fingerprint density at radius 2 is 1.90 bits per heavy atom. The van der Waals surface area contributed by atoms with Gasteiger partial charge in [0.05, 0.1) is 5.69 Å².